The number of sulfonamides is 1. The molecule has 0 aliphatic carbocycles. The van der Waals surface area contributed by atoms with Gasteiger partial charge in [-0.1, -0.05) is 40.9 Å². The molecule has 0 fully saturated rings. The molecule has 5 nitrogen and oxygen atoms in total. The van der Waals surface area contributed by atoms with E-state index in [0.29, 0.717) is 11.3 Å². The van der Waals surface area contributed by atoms with Crippen LogP contribution in [0.2, 0.25) is 0 Å². The number of nitrogens with zero attached hydrogens (tertiary/aromatic N) is 1. The van der Waals surface area contributed by atoms with Gasteiger partial charge in [0.15, 0.2) is 5.13 Å². The first-order chi connectivity index (χ1) is 10.0. The summed E-state index contributed by atoms with van der Waals surface area (Å²) in [6, 6.07) is 6.57. The van der Waals surface area contributed by atoms with Crippen molar-refractivity contribution in [2.75, 3.05) is 11.3 Å². The largest absolute Gasteiger partial charge is 0.395 e. The van der Waals surface area contributed by atoms with Gasteiger partial charge in [0.2, 0.25) is 0 Å². The maximum atomic E-state index is 12.2. The number of thiazole rings is 1. The predicted octanol–water partition coefficient (Wildman–Crippen LogP) is 1.99. The lowest BCUT2D eigenvalue weighted by molar-refractivity contribution is 0.305. The summed E-state index contributed by atoms with van der Waals surface area (Å²) < 4.78 is 26.8. The fraction of sp³-hybridized carbons (Fsp3) is 0.214. The molecular weight excluding hydrogens is 308 g/mol. The molecular formula is C14H14N2O3S2. The lowest BCUT2D eigenvalue weighted by Gasteiger charge is -2.04. The molecule has 1 aromatic carbocycles. The van der Waals surface area contributed by atoms with Gasteiger partial charge in [0, 0.05) is 6.42 Å². The van der Waals surface area contributed by atoms with Crippen molar-refractivity contribution in [3.8, 4) is 11.8 Å². The maximum Gasteiger partial charge on any atom is 0.263 e. The molecule has 0 bridgehead atoms. The zero-order chi connectivity index (χ0) is 15.3. The lowest BCUT2D eigenvalue weighted by atomic mass is 10.2. The van der Waals surface area contributed by atoms with Crippen molar-refractivity contribution < 1.29 is 13.5 Å². The number of anilines is 1. The second-order valence-electron chi connectivity index (χ2n) is 4.22. The summed E-state index contributed by atoms with van der Waals surface area (Å²) in [5, 5.41) is 8.91. The molecule has 1 aromatic heterocycles. The summed E-state index contributed by atoms with van der Waals surface area (Å²) in [7, 11) is -3.63. The minimum Gasteiger partial charge on any atom is -0.395 e. The minimum absolute atomic E-state index is 0.00128. The number of hydrogen-bond acceptors (Lipinski definition) is 5. The summed E-state index contributed by atoms with van der Waals surface area (Å²) >= 11 is 1.15. The van der Waals surface area contributed by atoms with Gasteiger partial charge in [0.25, 0.3) is 10.0 Å². The number of nitrogens with one attached hydrogen (secondary N) is 1. The highest BCUT2D eigenvalue weighted by Gasteiger charge is 2.15. The Bertz CT molecular complexity index is 769. The van der Waals surface area contributed by atoms with Crippen LogP contribution in [0.25, 0.3) is 0 Å². The van der Waals surface area contributed by atoms with E-state index in [1.165, 1.54) is 6.20 Å². The van der Waals surface area contributed by atoms with Crippen molar-refractivity contribution in [1.29, 1.82) is 0 Å². The van der Waals surface area contributed by atoms with E-state index in [2.05, 4.69) is 21.5 Å². The third-order valence-electron chi connectivity index (χ3n) is 2.51. The Kier molecular flexibility index (Phi) is 4.96. The molecule has 0 amide bonds. The summed E-state index contributed by atoms with van der Waals surface area (Å²) in [6.07, 6.45) is 1.88. The molecule has 0 radical (unpaired) electrons. The fourth-order valence-electron chi connectivity index (χ4n) is 1.48. The molecule has 0 saturated heterocycles. The van der Waals surface area contributed by atoms with Crippen LogP contribution in [0.3, 0.4) is 0 Å². The predicted molar refractivity (Wildman–Crippen MR) is 82.7 cm³/mol. The van der Waals surface area contributed by atoms with E-state index in [-0.39, 0.29) is 16.6 Å². The number of rotatable bonds is 4. The summed E-state index contributed by atoms with van der Waals surface area (Å²) in [4.78, 5) is 4.82. The van der Waals surface area contributed by atoms with Crippen LogP contribution in [-0.4, -0.2) is 25.1 Å². The zero-order valence-corrected chi connectivity index (χ0v) is 13.0. The van der Waals surface area contributed by atoms with Crippen LogP contribution < -0.4 is 4.72 Å². The van der Waals surface area contributed by atoms with E-state index in [1.807, 2.05) is 6.92 Å². The Labute approximate surface area is 127 Å². The van der Waals surface area contributed by atoms with Crippen molar-refractivity contribution in [3.63, 3.8) is 0 Å². The Morgan fingerprint density at radius 1 is 1.33 bits per heavy atom. The first kappa shape index (κ1) is 15.5. The average molecular weight is 322 g/mol. The van der Waals surface area contributed by atoms with Gasteiger partial charge < -0.3 is 5.11 Å². The van der Waals surface area contributed by atoms with E-state index < -0.39 is 10.0 Å². The molecule has 7 heteroatoms. The van der Waals surface area contributed by atoms with E-state index in [0.717, 1.165) is 16.9 Å². The Balaban J connectivity index is 2.14. The fourth-order valence-corrected chi connectivity index (χ4v) is 3.41. The second-order valence-corrected chi connectivity index (χ2v) is 6.94. The molecule has 0 aliphatic rings. The van der Waals surface area contributed by atoms with Crippen LogP contribution in [-0.2, 0) is 10.0 Å². The smallest absolute Gasteiger partial charge is 0.263 e. The van der Waals surface area contributed by atoms with Gasteiger partial charge in [0.1, 0.15) is 0 Å². The van der Waals surface area contributed by atoms with Crippen molar-refractivity contribution in [1.82, 2.24) is 4.98 Å². The number of benzene rings is 1. The molecule has 1 heterocycles. The molecule has 2 aromatic rings. The number of aryl methyl sites for hydroxylation is 1. The maximum absolute atomic E-state index is 12.2. The quantitative estimate of drug-likeness (QED) is 0.844. The van der Waals surface area contributed by atoms with Crippen LogP contribution in [0.15, 0.2) is 35.4 Å². The molecule has 0 atom stereocenters. The molecule has 0 aliphatic heterocycles. The third-order valence-corrected chi connectivity index (χ3v) is 4.82. The van der Waals surface area contributed by atoms with Gasteiger partial charge in [0.05, 0.1) is 22.6 Å². The van der Waals surface area contributed by atoms with E-state index in [4.69, 9.17) is 5.11 Å². The lowest BCUT2D eigenvalue weighted by Crippen LogP contribution is -2.12. The van der Waals surface area contributed by atoms with Crippen LogP contribution in [0.5, 0.6) is 0 Å². The third kappa shape index (κ3) is 4.29. The topological polar surface area (TPSA) is 79.3 Å². The van der Waals surface area contributed by atoms with Crippen LogP contribution in [0.4, 0.5) is 5.13 Å². The molecule has 110 valence electrons. The highest BCUT2D eigenvalue weighted by atomic mass is 32.2. The highest BCUT2D eigenvalue weighted by molar-refractivity contribution is 7.93. The van der Waals surface area contributed by atoms with Gasteiger partial charge in [-0.05, 0) is 19.1 Å². The van der Waals surface area contributed by atoms with E-state index in [1.54, 1.807) is 24.3 Å². The molecule has 0 unspecified atom stereocenters. The summed E-state index contributed by atoms with van der Waals surface area (Å²) in [5.74, 6) is 5.57. The number of hydrogen-bond donors (Lipinski definition) is 2. The SMILES string of the molecule is Cc1ccc(S(=O)(=O)Nc2ncc(C#CCCO)s2)cc1. The Morgan fingerprint density at radius 3 is 2.71 bits per heavy atom. The summed E-state index contributed by atoms with van der Waals surface area (Å²) in [5.41, 5.74) is 0.990. The van der Waals surface area contributed by atoms with Crippen molar-refractivity contribution in [2.45, 2.75) is 18.2 Å². The second kappa shape index (κ2) is 6.72. The average Bonchev–Trinajstić information content (AvgIpc) is 2.86. The van der Waals surface area contributed by atoms with Gasteiger partial charge in [-0.2, -0.15) is 0 Å². The highest BCUT2D eigenvalue weighted by Crippen LogP contribution is 2.21. The molecule has 0 spiro atoms. The first-order valence-electron chi connectivity index (χ1n) is 6.16. The van der Waals surface area contributed by atoms with E-state index >= 15 is 0 Å². The standard InChI is InChI=1S/C14H14N2O3S2/c1-11-5-7-13(8-6-11)21(18,19)16-14-15-10-12(20-14)4-2-3-9-17/h5-8,10,17H,3,9H2,1H3,(H,15,16). The monoisotopic (exact) mass is 322 g/mol. The molecule has 2 N–H and O–H groups in total. The Morgan fingerprint density at radius 2 is 2.05 bits per heavy atom. The zero-order valence-electron chi connectivity index (χ0n) is 11.3. The number of aromatic nitrogens is 1. The van der Waals surface area contributed by atoms with Gasteiger partial charge in [-0.25, -0.2) is 13.4 Å². The normalized spacial score (nSPS) is 10.8. The molecule has 21 heavy (non-hydrogen) atoms. The molecule has 2 rings (SSSR count). The Hall–Kier alpha value is -1.88. The number of aliphatic hydroxyl groups is 1. The van der Waals surface area contributed by atoms with Crippen LogP contribution in [0.1, 0.15) is 16.9 Å². The van der Waals surface area contributed by atoms with Crippen molar-refractivity contribution in [2.24, 2.45) is 0 Å². The van der Waals surface area contributed by atoms with Crippen LogP contribution in [0, 0.1) is 18.8 Å². The first-order valence-corrected chi connectivity index (χ1v) is 8.46. The number of aliphatic hydroxyl groups excluding tert-OH is 1. The van der Waals surface area contributed by atoms with Gasteiger partial charge in [-0.15, -0.1) is 0 Å². The minimum atomic E-state index is -3.63. The summed E-state index contributed by atoms with van der Waals surface area (Å²) in [6.45, 7) is 1.89. The van der Waals surface area contributed by atoms with Gasteiger partial charge in [-0.3, -0.25) is 4.72 Å². The van der Waals surface area contributed by atoms with Crippen molar-refractivity contribution >= 4 is 26.5 Å². The van der Waals surface area contributed by atoms with Crippen molar-refractivity contribution in [3.05, 3.63) is 40.9 Å². The molecule has 0 saturated carbocycles. The van der Waals surface area contributed by atoms with E-state index in [9.17, 15) is 8.42 Å². The van der Waals surface area contributed by atoms with Gasteiger partial charge >= 0.3 is 0 Å². The van der Waals surface area contributed by atoms with Crippen LogP contribution >= 0.6 is 11.3 Å².